The average Bonchev–Trinajstić information content (AvgIpc) is 3.05. The zero-order valence-corrected chi connectivity index (χ0v) is 13.0. The van der Waals surface area contributed by atoms with Crippen molar-refractivity contribution in [1.82, 2.24) is 20.6 Å². The largest absolute Gasteiger partial charge is 0.476 e. The third kappa shape index (κ3) is 4.23. The van der Waals surface area contributed by atoms with Crippen LogP contribution in [0.1, 0.15) is 38.3 Å². The molecule has 2 heterocycles. The Morgan fingerprint density at radius 1 is 1.48 bits per heavy atom. The van der Waals surface area contributed by atoms with E-state index < -0.39 is 5.97 Å². The van der Waals surface area contributed by atoms with Crippen LogP contribution in [0.4, 0.5) is 4.79 Å². The molecular formula is C12H14N4O3S2. The van der Waals surface area contributed by atoms with E-state index in [0.29, 0.717) is 5.01 Å². The predicted octanol–water partition coefficient (Wildman–Crippen LogP) is 2.17. The van der Waals surface area contributed by atoms with E-state index >= 15 is 0 Å². The molecule has 0 aliphatic heterocycles. The molecule has 0 saturated heterocycles. The summed E-state index contributed by atoms with van der Waals surface area (Å²) in [6.45, 7) is 3.99. The fourth-order valence-electron chi connectivity index (χ4n) is 1.53. The molecule has 0 fully saturated rings. The van der Waals surface area contributed by atoms with Gasteiger partial charge in [0, 0.05) is 16.5 Å². The molecule has 0 spiro atoms. The van der Waals surface area contributed by atoms with Crippen LogP contribution in [0.3, 0.4) is 0 Å². The number of hydrogen-bond donors (Lipinski definition) is 3. The molecule has 2 aromatic rings. The second kappa shape index (κ2) is 6.64. The number of urea groups is 1. The van der Waals surface area contributed by atoms with Gasteiger partial charge in [0.15, 0.2) is 5.69 Å². The lowest BCUT2D eigenvalue weighted by Crippen LogP contribution is -2.36. The zero-order valence-electron chi connectivity index (χ0n) is 11.4. The summed E-state index contributed by atoms with van der Waals surface area (Å²) in [6, 6.07) is -0.531. The second-order valence-electron chi connectivity index (χ2n) is 4.29. The Bertz CT molecular complexity index is 652. The molecule has 2 rings (SSSR count). The van der Waals surface area contributed by atoms with Crippen molar-refractivity contribution in [3.8, 4) is 0 Å². The van der Waals surface area contributed by atoms with Gasteiger partial charge < -0.3 is 15.7 Å². The number of aromatic carboxylic acids is 1. The zero-order chi connectivity index (χ0) is 15.4. The van der Waals surface area contributed by atoms with Gasteiger partial charge in [0.25, 0.3) is 0 Å². The standard InChI is InChI=1S/C12H14N4O3S2/c1-6-3-13-10(21-6)7(2)15-12(19)14-4-9-16-8(5-20-9)11(17)18/h3,5,7H,4H2,1-2H3,(H,17,18)(H2,14,15,19). The third-order valence-corrected chi connectivity index (χ3v) is 4.47. The first-order valence-electron chi connectivity index (χ1n) is 6.10. The highest BCUT2D eigenvalue weighted by Crippen LogP contribution is 2.18. The number of aryl methyl sites for hydroxylation is 1. The summed E-state index contributed by atoms with van der Waals surface area (Å²) < 4.78 is 0. The van der Waals surface area contributed by atoms with Gasteiger partial charge in [0.05, 0.1) is 12.6 Å². The molecule has 3 N–H and O–H groups in total. The lowest BCUT2D eigenvalue weighted by atomic mass is 10.3. The average molecular weight is 326 g/mol. The Kier molecular flexibility index (Phi) is 4.86. The Hall–Kier alpha value is -2.00. The molecule has 7 nitrogen and oxygen atoms in total. The number of carboxylic acids is 1. The van der Waals surface area contributed by atoms with E-state index in [1.54, 1.807) is 6.20 Å². The van der Waals surface area contributed by atoms with Crippen LogP contribution in [0.5, 0.6) is 0 Å². The molecule has 0 radical (unpaired) electrons. The van der Waals surface area contributed by atoms with Crippen LogP contribution >= 0.6 is 22.7 Å². The van der Waals surface area contributed by atoms with E-state index in [0.717, 1.165) is 9.88 Å². The summed E-state index contributed by atoms with van der Waals surface area (Å²) in [7, 11) is 0. The Labute approximate surface area is 129 Å². The highest BCUT2D eigenvalue weighted by molar-refractivity contribution is 7.11. The summed E-state index contributed by atoms with van der Waals surface area (Å²) in [5, 5.41) is 17.0. The molecule has 0 bridgehead atoms. The number of carbonyl (C=O) groups is 2. The van der Waals surface area contributed by atoms with Crippen molar-refractivity contribution in [1.29, 1.82) is 0 Å². The van der Waals surface area contributed by atoms with E-state index in [2.05, 4.69) is 20.6 Å². The predicted molar refractivity (Wildman–Crippen MR) is 79.7 cm³/mol. The van der Waals surface area contributed by atoms with E-state index in [9.17, 15) is 9.59 Å². The Morgan fingerprint density at radius 3 is 2.81 bits per heavy atom. The van der Waals surface area contributed by atoms with Crippen molar-refractivity contribution < 1.29 is 14.7 Å². The Morgan fingerprint density at radius 2 is 2.24 bits per heavy atom. The molecular weight excluding hydrogens is 312 g/mol. The summed E-state index contributed by atoms with van der Waals surface area (Å²) in [6.07, 6.45) is 1.76. The van der Waals surface area contributed by atoms with Crippen LogP contribution in [0.25, 0.3) is 0 Å². The molecule has 1 atom stereocenters. The fourth-order valence-corrected chi connectivity index (χ4v) is 3.01. The number of carbonyl (C=O) groups excluding carboxylic acids is 1. The number of thiazole rings is 2. The van der Waals surface area contributed by atoms with Crippen LogP contribution < -0.4 is 10.6 Å². The molecule has 1 unspecified atom stereocenters. The highest BCUT2D eigenvalue weighted by atomic mass is 32.1. The topological polar surface area (TPSA) is 104 Å². The van der Waals surface area contributed by atoms with E-state index in [4.69, 9.17) is 5.11 Å². The number of carboxylic acid groups (broad SMARTS) is 1. The number of nitrogens with zero attached hydrogens (tertiary/aromatic N) is 2. The lowest BCUT2D eigenvalue weighted by Gasteiger charge is -2.11. The SMILES string of the molecule is Cc1cnc(C(C)NC(=O)NCc2nc(C(=O)O)cs2)s1. The molecule has 2 amide bonds. The molecule has 0 saturated carbocycles. The molecule has 0 aliphatic carbocycles. The minimum atomic E-state index is -1.07. The maximum atomic E-state index is 11.8. The highest BCUT2D eigenvalue weighted by Gasteiger charge is 2.13. The molecule has 0 aromatic carbocycles. The van der Waals surface area contributed by atoms with Crippen LogP contribution in [-0.2, 0) is 6.54 Å². The summed E-state index contributed by atoms with van der Waals surface area (Å²) in [5.74, 6) is -1.07. The number of hydrogen-bond acceptors (Lipinski definition) is 6. The van der Waals surface area contributed by atoms with Gasteiger partial charge in [-0.2, -0.15) is 0 Å². The van der Waals surface area contributed by atoms with E-state index in [-0.39, 0.29) is 24.3 Å². The van der Waals surface area contributed by atoms with Crippen molar-refractivity contribution in [3.63, 3.8) is 0 Å². The van der Waals surface area contributed by atoms with Gasteiger partial charge in [-0.15, -0.1) is 22.7 Å². The van der Waals surface area contributed by atoms with Crippen molar-refractivity contribution in [2.75, 3.05) is 0 Å². The maximum absolute atomic E-state index is 11.8. The first-order valence-corrected chi connectivity index (χ1v) is 7.79. The maximum Gasteiger partial charge on any atom is 0.355 e. The second-order valence-corrected chi connectivity index (χ2v) is 6.50. The minimum absolute atomic E-state index is 0.0103. The summed E-state index contributed by atoms with van der Waals surface area (Å²) in [5.41, 5.74) is -0.0103. The van der Waals surface area contributed by atoms with Crippen molar-refractivity contribution in [2.24, 2.45) is 0 Å². The number of amides is 2. The third-order valence-electron chi connectivity index (χ3n) is 2.53. The summed E-state index contributed by atoms with van der Waals surface area (Å²) in [4.78, 5) is 31.6. The molecule has 9 heteroatoms. The van der Waals surface area contributed by atoms with Crippen LogP contribution in [-0.4, -0.2) is 27.1 Å². The van der Waals surface area contributed by atoms with Crippen LogP contribution in [0.15, 0.2) is 11.6 Å². The number of aromatic nitrogens is 2. The normalized spacial score (nSPS) is 11.9. The van der Waals surface area contributed by atoms with Gasteiger partial charge in [-0.3, -0.25) is 0 Å². The van der Waals surface area contributed by atoms with Gasteiger partial charge in [-0.05, 0) is 13.8 Å². The van der Waals surface area contributed by atoms with Gasteiger partial charge in [0.1, 0.15) is 10.0 Å². The number of nitrogens with one attached hydrogen (secondary N) is 2. The van der Waals surface area contributed by atoms with E-state index in [1.807, 2.05) is 13.8 Å². The molecule has 21 heavy (non-hydrogen) atoms. The number of rotatable bonds is 5. The van der Waals surface area contributed by atoms with Crippen molar-refractivity contribution >= 4 is 34.7 Å². The smallest absolute Gasteiger partial charge is 0.355 e. The van der Waals surface area contributed by atoms with Gasteiger partial charge in [0.2, 0.25) is 0 Å². The monoisotopic (exact) mass is 326 g/mol. The quantitative estimate of drug-likeness (QED) is 0.781. The Balaban J connectivity index is 1.82. The van der Waals surface area contributed by atoms with Crippen molar-refractivity contribution in [3.05, 3.63) is 32.2 Å². The molecule has 112 valence electrons. The first kappa shape index (κ1) is 15.4. The van der Waals surface area contributed by atoms with Crippen LogP contribution in [0, 0.1) is 6.92 Å². The van der Waals surface area contributed by atoms with Gasteiger partial charge in [-0.25, -0.2) is 19.6 Å². The lowest BCUT2D eigenvalue weighted by molar-refractivity contribution is 0.0691. The molecule has 0 aliphatic rings. The van der Waals surface area contributed by atoms with Gasteiger partial charge in [-0.1, -0.05) is 0 Å². The van der Waals surface area contributed by atoms with Crippen molar-refractivity contribution in [2.45, 2.75) is 26.4 Å². The van der Waals surface area contributed by atoms with E-state index in [1.165, 1.54) is 28.1 Å². The summed E-state index contributed by atoms with van der Waals surface area (Å²) >= 11 is 2.72. The molecule has 2 aromatic heterocycles. The van der Waals surface area contributed by atoms with Crippen LogP contribution in [0.2, 0.25) is 0 Å². The minimum Gasteiger partial charge on any atom is -0.476 e. The first-order chi connectivity index (χ1) is 9.95. The van der Waals surface area contributed by atoms with Gasteiger partial charge >= 0.3 is 12.0 Å². The fraction of sp³-hybridized carbons (Fsp3) is 0.333.